The van der Waals surface area contributed by atoms with Gasteiger partial charge in [-0.05, 0) is 45.4 Å². The van der Waals surface area contributed by atoms with Crippen molar-refractivity contribution in [3.8, 4) is 0 Å². The van der Waals surface area contributed by atoms with E-state index in [1.165, 1.54) is 45.3 Å². The minimum Gasteiger partial charge on any atom is -0.383 e. The summed E-state index contributed by atoms with van der Waals surface area (Å²) in [5, 5.41) is 3.38. The lowest BCUT2D eigenvalue weighted by Crippen LogP contribution is -2.27. The van der Waals surface area contributed by atoms with E-state index in [-0.39, 0.29) is 0 Å². The Balaban J connectivity index is 3.20. The van der Waals surface area contributed by atoms with Gasteiger partial charge in [-0.15, -0.1) is 0 Å². The molecule has 0 spiro atoms. The van der Waals surface area contributed by atoms with Crippen LogP contribution in [-0.2, 0) is 4.74 Å². The van der Waals surface area contributed by atoms with Crippen LogP contribution >= 0.6 is 0 Å². The summed E-state index contributed by atoms with van der Waals surface area (Å²) >= 11 is 0. The lowest BCUT2D eigenvalue weighted by Gasteiger charge is -2.19. The molecule has 0 aliphatic heterocycles. The highest BCUT2D eigenvalue weighted by Gasteiger charge is 2.00. The van der Waals surface area contributed by atoms with Crippen LogP contribution in [0, 0.1) is 0 Å². The second-order valence-corrected chi connectivity index (χ2v) is 4.24. The van der Waals surface area contributed by atoms with Gasteiger partial charge < -0.3 is 15.0 Å². The summed E-state index contributed by atoms with van der Waals surface area (Å²) in [5.41, 5.74) is 0. The monoisotopic (exact) mass is 230 g/mol. The van der Waals surface area contributed by atoms with Gasteiger partial charge in [0.2, 0.25) is 0 Å². The fourth-order valence-corrected chi connectivity index (χ4v) is 1.69. The normalized spacial score (nSPS) is 11.2. The molecule has 98 valence electrons. The molecule has 0 aromatic heterocycles. The van der Waals surface area contributed by atoms with Gasteiger partial charge in [0.1, 0.15) is 0 Å². The van der Waals surface area contributed by atoms with Crippen LogP contribution in [0.15, 0.2) is 0 Å². The Morgan fingerprint density at radius 3 is 2.38 bits per heavy atom. The predicted molar refractivity (Wildman–Crippen MR) is 71.0 cm³/mol. The van der Waals surface area contributed by atoms with E-state index < -0.39 is 0 Å². The highest BCUT2D eigenvalue weighted by atomic mass is 16.5. The summed E-state index contributed by atoms with van der Waals surface area (Å²) in [6.07, 6.45) is 5.21. The Kier molecular flexibility index (Phi) is 12.9. The van der Waals surface area contributed by atoms with Crippen molar-refractivity contribution in [2.45, 2.75) is 39.5 Å². The zero-order valence-electron chi connectivity index (χ0n) is 11.4. The second kappa shape index (κ2) is 12.9. The maximum atomic E-state index is 4.98. The highest BCUT2D eigenvalue weighted by Crippen LogP contribution is 1.98. The van der Waals surface area contributed by atoms with Crippen molar-refractivity contribution in [1.29, 1.82) is 0 Å². The number of ether oxygens (including phenoxy) is 1. The van der Waals surface area contributed by atoms with Crippen molar-refractivity contribution in [3.05, 3.63) is 0 Å². The van der Waals surface area contributed by atoms with E-state index >= 15 is 0 Å². The zero-order chi connectivity index (χ0) is 12.1. The van der Waals surface area contributed by atoms with Crippen LogP contribution in [0.25, 0.3) is 0 Å². The number of nitrogens with zero attached hydrogens (tertiary/aromatic N) is 1. The molecule has 0 bridgehead atoms. The molecule has 0 aliphatic rings. The molecule has 0 aromatic carbocycles. The Morgan fingerprint density at radius 1 is 1.00 bits per heavy atom. The molecule has 0 saturated heterocycles. The molecular weight excluding hydrogens is 200 g/mol. The minimum atomic E-state index is 0.817. The smallest absolute Gasteiger partial charge is 0.0587 e. The molecule has 0 atom stereocenters. The van der Waals surface area contributed by atoms with Crippen LogP contribution in [-0.4, -0.2) is 51.3 Å². The van der Waals surface area contributed by atoms with Gasteiger partial charge in [-0.3, -0.25) is 0 Å². The molecule has 3 nitrogen and oxygen atoms in total. The van der Waals surface area contributed by atoms with Crippen molar-refractivity contribution >= 4 is 0 Å². The van der Waals surface area contributed by atoms with Crippen LogP contribution in [0.2, 0.25) is 0 Å². The lowest BCUT2D eigenvalue weighted by molar-refractivity contribution is 0.199. The first kappa shape index (κ1) is 15.9. The van der Waals surface area contributed by atoms with Crippen LogP contribution in [0.3, 0.4) is 0 Å². The number of hydrogen-bond donors (Lipinski definition) is 1. The van der Waals surface area contributed by atoms with Crippen LogP contribution < -0.4 is 5.32 Å². The molecule has 0 fully saturated rings. The topological polar surface area (TPSA) is 24.5 Å². The van der Waals surface area contributed by atoms with E-state index in [1.807, 2.05) is 0 Å². The minimum absolute atomic E-state index is 0.817. The summed E-state index contributed by atoms with van der Waals surface area (Å²) in [7, 11) is 1.74. The molecule has 0 aliphatic carbocycles. The van der Waals surface area contributed by atoms with Gasteiger partial charge in [0, 0.05) is 13.7 Å². The number of hydrogen-bond acceptors (Lipinski definition) is 3. The lowest BCUT2D eigenvalue weighted by atomic mass is 10.2. The van der Waals surface area contributed by atoms with E-state index in [0.717, 1.165) is 19.7 Å². The van der Waals surface area contributed by atoms with Gasteiger partial charge in [-0.1, -0.05) is 20.3 Å². The van der Waals surface area contributed by atoms with Crippen LogP contribution in [0.1, 0.15) is 39.5 Å². The van der Waals surface area contributed by atoms with Gasteiger partial charge in [0.15, 0.2) is 0 Å². The summed E-state index contributed by atoms with van der Waals surface area (Å²) in [4.78, 5) is 2.55. The van der Waals surface area contributed by atoms with Gasteiger partial charge in [0.05, 0.1) is 6.61 Å². The average molecular weight is 230 g/mol. The summed E-state index contributed by atoms with van der Waals surface area (Å²) in [5.74, 6) is 0. The molecule has 0 radical (unpaired) electrons. The molecule has 0 aromatic rings. The van der Waals surface area contributed by atoms with Crippen LogP contribution in [0.5, 0.6) is 0 Å². The number of methoxy groups -OCH3 is 1. The standard InChI is InChI=1S/C13H30N2O/c1-4-6-11-15(5-2)12-8-7-9-14-10-13-16-3/h14H,4-13H2,1-3H3. The third kappa shape index (κ3) is 10.4. The Bertz CT molecular complexity index is 131. The van der Waals surface area contributed by atoms with E-state index in [1.54, 1.807) is 7.11 Å². The maximum absolute atomic E-state index is 4.98. The van der Waals surface area contributed by atoms with E-state index in [0.29, 0.717) is 0 Å². The molecule has 3 heteroatoms. The van der Waals surface area contributed by atoms with Gasteiger partial charge in [0.25, 0.3) is 0 Å². The van der Waals surface area contributed by atoms with Crippen molar-refractivity contribution in [2.24, 2.45) is 0 Å². The largest absolute Gasteiger partial charge is 0.383 e. The summed E-state index contributed by atoms with van der Waals surface area (Å²) < 4.78 is 4.98. The van der Waals surface area contributed by atoms with Gasteiger partial charge in [-0.25, -0.2) is 0 Å². The van der Waals surface area contributed by atoms with Gasteiger partial charge >= 0.3 is 0 Å². The van der Waals surface area contributed by atoms with E-state index in [4.69, 9.17) is 4.74 Å². The average Bonchev–Trinajstić information content (AvgIpc) is 2.32. The number of nitrogens with one attached hydrogen (secondary N) is 1. The number of rotatable bonds is 12. The Morgan fingerprint density at radius 2 is 1.75 bits per heavy atom. The zero-order valence-corrected chi connectivity index (χ0v) is 11.4. The summed E-state index contributed by atoms with van der Waals surface area (Å²) in [6, 6.07) is 0. The molecule has 1 N–H and O–H groups in total. The quantitative estimate of drug-likeness (QED) is 0.520. The van der Waals surface area contributed by atoms with E-state index in [9.17, 15) is 0 Å². The fraction of sp³-hybridized carbons (Fsp3) is 1.00. The summed E-state index contributed by atoms with van der Waals surface area (Å²) in [6.45, 7) is 11.1. The molecule has 16 heavy (non-hydrogen) atoms. The molecular formula is C13H30N2O. The first-order valence-electron chi connectivity index (χ1n) is 6.77. The third-order valence-corrected chi connectivity index (χ3v) is 2.84. The molecule has 0 unspecified atom stereocenters. The fourth-order valence-electron chi connectivity index (χ4n) is 1.69. The number of unbranched alkanes of at least 4 members (excludes halogenated alkanes) is 2. The maximum Gasteiger partial charge on any atom is 0.0587 e. The third-order valence-electron chi connectivity index (χ3n) is 2.84. The SMILES string of the molecule is CCCCN(CC)CCCCNCCOC. The predicted octanol–water partition coefficient (Wildman–Crippen LogP) is 2.12. The Labute approximate surface area is 102 Å². The van der Waals surface area contributed by atoms with Crippen molar-refractivity contribution in [1.82, 2.24) is 10.2 Å². The second-order valence-electron chi connectivity index (χ2n) is 4.24. The first-order valence-corrected chi connectivity index (χ1v) is 6.77. The molecule has 0 heterocycles. The Hall–Kier alpha value is -0.120. The molecule has 0 rings (SSSR count). The first-order chi connectivity index (χ1) is 7.85. The molecule has 0 saturated carbocycles. The van der Waals surface area contributed by atoms with E-state index in [2.05, 4.69) is 24.1 Å². The van der Waals surface area contributed by atoms with Crippen LogP contribution in [0.4, 0.5) is 0 Å². The van der Waals surface area contributed by atoms with Gasteiger partial charge in [-0.2, -0.15) is 0 Å². The van der Waals surface area contributed by atoms with Crippen molar-refractivity contribution in [3.63, 3.8) is 0 Å². The molecule has 0 amide bonds. The van der Waals surface area contributed by atoms with Crippen molar-refractivity contribution < 1.29 is 4.74 Å². The highest BCUT2D eigenvalue weighted by molar-refractivity contribution is 4.56. The van der Waals surface area contributed by atoms with Crippen molar-refractivity contribution in [2.75, 3.05) is 46.4 Å².